The van der Waals surface area contributed by atoms with Gasteiger partial charge in [-0.1, -0.05) is 23.4 Å². The third-order valence-electron chi connectivity index (χ3n) is 5.59. The lowest BCUT2D eigenvalue weighted by molar-refractivity contribution is -0.133. The van der Waals surface area contributed by atoms with E-state index >= 15 is 0 Å². The Bertz CT molecular complexity index is 1190. The van der Waals surface area contributed by atoms with Crippen molar-refractivity contribution < 1.29 is 9.32 Å². The molecule has 0 bridgehead atoms. The molecular formula is C22H24N6O2S2. The predicted octanol–water partition coefficient (Wildman–Crippen LogP) is 3.36. The van der Waals surface area contributed by atoms with Gasteiger partial charge in [-0.2, -0.15) is 16.7 Å². The minimum Gasteiger partial charge on any atom is -0.339 e. The van der Waals surface area contributed by atoms with E-state index in [1.54, 1.807) is 23.1 Å². The summed E-state index contributed by atoms with van der Waals surface area (Å²) in [6.45, 7) is 3.87. The van der Waals surface area contributed by atoms with Crippen molar-refractivity contribution in [2.24, 2.45) is 0 Å². The van der Waals surface area contributed by atoms with Crippen molar-refractivity contribution in [1.29, 1.82) is 0 Å². The SMILES string of the molecule is CSCc1nc2ccccc2n1CC(=O)N1CCN(Cc2nc(-c3cccs3)no2)CC1. The van der Waals surface area contributed by atoms with Crippen molar-refractivity contribution in [3.8, 4) is 10.7 Å². The van der Waals surface area contributed by atoms with Crippen LogP contribution < -0.4 is 0 Å². The molecule has 0 N–H and O–H groups in total. The molecule has 0 unspecified atom stereocenters. The van der Waals surface area contributed by atoms with Crippen molar-refractivity contribution in [1.82, 2.24) is 29.5 Å². The average molecular weight is 469 g/mol. The van der Waals surface area contributed by atoms with Crippen molar-refractivity contribution in [3.63, 3.8) is 0 Å². The molecule has 1 fully saturated rings. The number of aromatic nitrogens is 4. The maximum atomic E-state index is 13.1. The highest BCUT2D eigenvalue weighted by Crippen LogP contribution is 2.22. The molecule has 1 aliphatic rings. The minimum atomic E-state index is 0.132. The molecule has 166 valence electrons. The predicted molar refractivity (Wildman–Crippen MR) is 126 cm³/mol. The van der Waals surface area contributed by atoms with Gasteiger partial charge in [-0.15, -0.1) is 11.3 Å². The van der Waals surface area contributed by atoms with E-state index in [-0.39, 0.29) is 5.91 Å². The lowest BCUT2D eigenvalue weighted by Gasteiger charge is -2.34. The molecule has 0 atom stereocenters. The first kappa shape index (κ1) is 21.2. The van der Waals surface area contributed by atoms with Crippen LogP contribution in [0.15, 0.2) is 46.3 Å². The highest BCUT2D eigenvalue weighted by atomic mass is 32.2. The molecule has 8 nitrogen and oxygen atoms in total. The fourth-order valence-corrected chi connectivity index (χ4v) is 5.08. The zero-order chi connectivity index (χ0) is 21.9. The molecule has 0 spiro atoms. The summed E-state index contributed by atoms with van der Waals surface area (Å²) in [5.74, 6) is 3.11. The second-order valence-corrected chi connectivity index (χ2v) is 9.50. The minimum absolute atomic E-state index is 0.132. The first-order valence-electron chi connectivity index (χ1n) is 10.5. The molecule has 32 heavy (non-hydrogen) atoms. The third kappa shape index (κ3) is 4.43. The number of thiophene rings is 1. The van der Waals surface area contributed by atoms with Crippen molar-refractivity contribution in [2.75, 3.05) is 32.4 Å². The highest BCUT2D eigenvalue weighted by molar-refractivity contribution is 7.97. The van der Waals surface area contributed by atoms with Gasteiger partial charge < -0.3 is 14.0 Å². The van der Waals surface area contributed by atoms with Gasteiger partial charge in [0.15, 0.2) is 0 Å². The van der Waals surface area contributed by atoms with E-state index in [0.717, 1.165) is 40.6 Å². The van der Waals surface area contributed by atoms with Gasteiger partial charge >= 0.3 is 0 Å². The molecule has 1 aliphatic heterocycles. The van der Waals surface area contributed by atoms with Gasteiger partial charge in [-0.25, -0.2) is 4.98 Å². The van der Waals surface area contributed by atoms with Crippen LogP contribution in [0.1, 0.15) is 11.7 Å². The lowest BCUT2D eigenvalue weighted by Crippen LogP contribution is -2.49. The summed E-state index contributed by atoms with van der Waals surface area (Å²) in [5.41, 5.74) is 1.96. The van der Waals surface area contributed by atoms with Crippen LogP contribution in [0, 0.1) is 0 Å². The number of carbonyl (C=O) groups excluding carboxylic acids is 1. The number of hydrogen-bond donors (Lipinski definition) is 0. The summed E-state index contributed by atoms with van der Waals surface area (Å²) in [5, 5.41) is 6.08. The van der Waals surface area contributed by atoms with Crippen molar-refractivity contribution in [3.05, 3.63) is 53.5 Å². The number of nitrogens with zero attached hydrogens (tertiary/aromatic N) is 6. The first-order chi connectivity index (χ1) is 15.7. The van der Waals surface area contributed by atoms with Crippen LogP contribution in [-0.2, 0) is 23.6 Å². The average Bonchev–Trinajstić information content (AvgIpc) is 3.56. The first-order valence-corrected chi connectivity index (χ1v) is 12.8. The van der Waals surface area contributed by atoms with Gasteiger partial charge in [-0.3, -0.25) is 9.69 Å². The van der Waals surface area contributed by atoms with E-state index in [1.807, 2.05) is 46.7 Å². The number of thioether (sulfide) groups is 1. The number of carbonyl (C=O) groups is 1. The smallest absolute Gasteiger partial charge is 0.242 e. The van der Waals surface area contributed by atoms with E-state index in [4.69, 9.17) is 9.51 Å². The van der Waals surface area contributed by atoms with Crippen LogP contribution in [0.4, 0.5) is 0 Å². The number of imidazole rings is 1. The Morgan fingerprint density at radius 2 is 1.97 bits per heavy atom. The summed E-state index contributed by atoms with van der Waals surface area (Å²) >= 11 is 3.31. The van der Waals surface area contributed by atoms with Crippen LogP contribution in [0.2, 0.25) is 0 Å². The van der Waals surface area contributed by atoms with E-state index in [2.05, 4.69) is 25.9 Å². The molecule has 4 heterocycles. The van der Waals surface area contributed by atoms with Crippen LogP contribution in [-0.4, -0.2) is 67.8 Å². The highest BCUT2D eigenvalue weighted by Gasteiger charge is 2.24. The standard InChI is InChI=1S/C22H24N6O2S2/c1-31-15-19-23-16-5-2-3-6-17(16)28(19)14-21(29)27-10-8-26(9-11-27)13-20-24-22(25-30-20)18-7-4-12-32-18/h2-7,12H,8-11,13-15H2,1H3. The van der Waals surface area contributed by atoms with Crippen LogP contribution in [0.25, 0.3) is 21.7 Å². The van der Waals surface area contributed by atoms with Crippen LogP contribution in [0.3, 0.4) is 0 Å². The van der Waals surface area contributed by atoms with Crippen molar-refractivity contribution >= 4 is 40.0 Å². The van der Waals surface area contributed by atoms with Crippen LogP contribution in [0.5, 0.6) is 0 Å². The largest absolute Gasteiger partial charge is 0.339 e. The molecule has 1 saturated heterocycles. The summed E-state index contributed by atoms with van der Waals surface area (Å²) in [6.07, 6.45) is 2.05. The Kier molecular flexibility index (Phi) is 6.24. The van der Waals surface area contributed by atoms with Crippen LogP contribution >= 0.6 is 23.1 Å². The van der Waals surface area contributed by atoms with Gasteiger partial charge in [0, 0.05) is 26.2 Å². The normalized spacial score (nSPS) is 15.0. The van der Waals surface area contributed by atoms with Gasteiger partial charge in [0.05, 0.1) is 28.2 Å². The summed E-state index contributed by atoms with van der Waals surface area (Å²) in [4.78, 5) is 27.5. The van der Waals surface area contributed by atoms with Gasteiger partial charge in [-0.05, 0) is 29.8 Å². The van der Waals surface area contributed by atoms with Gasteiger partial charge in [0.2, 0.25) is 17.6 Å². The molecule has 0 aliphatic carbocycles. The number of rotatable bonds is 7. The molecule has 10 heteroatoms. The topological polar surface area (TPSA) is 80.3 Å². The molecule has 0 radical (unpaired) electrons. The number of fused-ring (bicyclic) bond motifs is 1. The van der Waals surface area contributed by atoms with E-state index < -0.39 is 0 Å². The lowest BCUT2D eigenvalue weighted by atomic mass is 10.3. The fourth-order valence-electron chi connectivity index (χ4n) is 3.95. The maximum Gasteiger partial charge on any atom is 0.242 e. The molecule has 4 aromatic rings. The molecule has 1 amide bonds. The number of amides is 1. The number of para-hydroxylation sites is 2. The zero-order valence-corrected chi connectivity index (χ0v) is 19.4. The molecule has 5 rings (SSSR count). The molecule has 3 aromatic heterocycles. The second-order valence-electron chi connectivity index (χ2n) is 7.68. The summed E-state index contributed by atoms with van der Waals surface area (Å²) in [7, 11) is 0. The number of hydrogen-bond acceptors (Lipinski definition) is 8. The van der Waals surface area contributed by atoms with E-state index in [1.165, 1.54) is 0 Å². The summed E-state index contributed by atoms with van der Waals surface area (Å²) < 4.78 is 7.48. The zero-order valence-electron chi connectivity index (χ0n) is 17.8. The maximum absolute atomic E-state index is 13.1. The second kappa shape index (κ2) is 9.43. The molecule has 0 saturated carbocycles. The van der Waals surface area contributed by atoms with Crippen molar-refractivity contribution in [2.45, 2.75) is 18.8 Å². The fraction of sp³-hybridized carbons (Fsp3) is 0.364. The Morgan fingerprint density at radius 1 is 1.12 bits per heavy atom. The monoisotopic (exact) mass is 468 g/mol. The molecular weight excluding hydrogens is 444 g/mol. The Morgan fingerprint density at radius 3 is 2.75 bits per heavy atom. The third-order valence-corrected chi connectivity index (χ3v) is 7.01. The molecule has 1 aromatic carbocycles. The number of piperazine rings is 1. The van der Waals surface area contributed by atoms with E-state index in [0.29, 0.717) is 37.9 Å². The Labute approximate surface area is 194 Å². The Balaban J connectivity index is 1.19. The van der Waals surface area contributed by atoms with Gasteiger partial charge in [0.25, 0.3) is 0 Å². The quantitative estimate of drug-likeness (QED) is 0.411. The van der Waals surface area contributed by atoms with E-state index in [9.17, 15) is 4.79 Å². The summed E-state index contributed by atoms with van der Waals surface area (Å²) in [6, 6.07) is 12.0. The number of benzene rings is 1. The Hall–Kier alpha value is -2.69. The van der Waals surface area contributed by atoms with Gasteiger partial charge in [0.1, 0.15) is 12.4 Å².